The van der Waals surface area contributed by atoms with Gasteiger partial charge in [0.1, 0.15) is 6.26 Å². The monoisotopic (exact) mass is 356 g/mol. The molecule has 1 aliphatic carbocycles. The van der Waals surface area contributed by atoms with Crippen molar-refractivity contribution in [1.82, 2.24) is 19.9 Å². The third-order valence-corrected chi connectivity index (χ3v) is 5.40. The van der Waals surface area contributed by atoms with E-state index in [-0.39, 0.29) is 17.4 Å². The molecule has 0 radical (unpaired) electrons. The molecule has 2 bridgehead atoms. The highest BCUT2D eigenvalue weighted by Gasteiger charge is 2.41. The quantitative estimate of drug-likeness (QED) is 0.833. The summed E-state index contributed by atoms with van der Waals surface area (Å²) in [5.74, 6) is 0.379. The van der Waals surface area contributed by atoms with Crippen molar-refractivity contribution in [2.75, 3.05) is 26.8 Å². The molecule has 0 spiro atoms. The van der Waals surface area contributed by atoms with Crippen molar-refractivity contribution in [1.29, 1.82) is 0 Å². The van der Waals surface area contributed by atoms with Crippen LogP contribution in [0.5, 0.6) is 0 Å². The Morgan fingerprint density at radius 2 is 2.15 bits per heavy atom. The van der Waals surface area contributed by atoms with E-state index in [0.29, 0.717) is 11.6 Å². The number of rotatable bonds is 3. The van der Waals surface area contributed by atoms with Gasteiger partial charge >= 0.3 is 0 Å². The number of amides is 1. The summed E-state index contributed by atoms with van der Waals surface area (Å²) in [5, 5.41) is 3.82. The zero-order chi connectivity index (χ0) is 18.5. The smallest absolute Gasteiger partial charge is 0.276 e. The van der Waals surface area contributed by atoms with Crippen LogP contribution in [0.3, 0.4) is 0 Å². The molecule has 0 saturated carbocycles. The largest absolute Gasteiger partial charge is 0.364 e. The van der Waals surface area contributed by atoms with Gasteiger partial charge in [-0.2, -0.15) is 0 Å². The molecule has 1 fully saturated rings. The molecular weight excluding hydrogens is 328 g/mol. The van der Waals surface area contributed by atoms with E-state index in [2.05, 4.69) is 55.1 Å². The number of aromatic nitrogens is 1. The lowest BCUT2D eigenvalue weighted by molar-refractivity contribution is 0.0573. The van der Waals surface area contributed by atoms with Gasteiger partial charge in [-0.05, 0) is 23.8 Å². The average Bonchev–Trinajstić information content (AvgIpc) is 3.23. The van der Waals surface area contributed by atoms with Crippen LogP contribution in [0.4, 0.5) is 0 Å². The fourth-order valence-corrected chi connectivity index (χ4v) is 4.40. The predicted molar refractivity (Wildman–Crippen MR) is 99.0 cm³/mol. The Kier molecular flexibility index (Phi) is 4.09. The summed E-state index contributed by atoms with van der Waals surface area (Å²) in [4.78, 5) is 19.4. The minimum Gasteiger partial charge on any atom is -0.364 e. The van der Waals surface area contributed by atoms with Gasteiger partial charge in [0, 0.05) is 38.3 Å². The topological polar surface area (TPSA) is 52.8 Å². The maximum absolute atomic E-state index is 12.7. The van der Waals surface area contributed by atoms with Gasteiger partial charge in [0.25, 0.3) is 5.91 Å². The number of nitrogens with zero attached hydrogens (tertiary/aromatic N) is 4. The van der Waals surface area contributed by atoms with E-state index >= 15 is 0 Å². The highest BCUT2D eigenvalue weighted by atomic mass is 16.5. The first-order valence-corrected chi connectivity index (χ1v) is 9.42. The van der Waals surface area contributed by atoms with Crippen LogP contribution in [0.25, 0.3) is 0 Å². The van der Waals surface area contributed by atoms with Gasteiger partial charge in [0.2, 0.25) is 0 Å². The van der Waals surface area contributed by atoms with Gasteiger partial charge in [-0.15, -0.1) is 0 Å². The number of allylic oxidation sites excluding steroid dienone is 1. The van der Waals surface area contributed by atoms with Crippen molar-refractivity contribution < 1.29 is 9.32 Å². The average molecular weight is 356 g/mol. The summed E-state index contributed by atoms with van der Waals surface area (Å²) in [7, 11) is 2.13. The molecule has 26 heavy (non-hydrogen) atoms. The molecule has 0 aromatic carbocycles. The molecule has 140 valence electrons. The Morgan fingerprint density at radius 3 is 2.77 bits per heavy atom. The summed E-state index contributed by atoms with van der Waals surface area (Å²) in [5.41, 5.74) is 3.40. The molecule has 2 unspecified atom stereocenters. The molecule has 2 atom stereocenters. The van der Waals surface area contributed by atoms with Crippen molar-refractivity contribution in [2.45, 2.75) is 39.7 Å². The SMILES string of the molecule is CN1C=C(C2=CC3CCC2CN3C(=O)c2ccon2)N(CC(C)(C)C)C1. The second kappa shape index (κ2) is 6.18. The first-order valence-electron chi connectivity index (χ1n) is 9.42. The van der Waals surface area contributed by atoms with E-state index in [1.54, 1.807) is 6.07 Å². The maximum atomic E-state index is 12.7. The Hall–Kier alpha value is -2.24. The molecule has 0 N–H and O–H groups in total. The first kappa shape index (κ1) is 17.2. The lowest BCUT2D eigenvalue weighted by atomic mass is 9.78. The highest BCUT2D eigenvalue weighted by Crippen LogP contribution is 2.41. The van der Waals surface area contributed by atoms with E-state index in [1.165, 1.54) is 17.5 Å². The van der Waals surface area contributed by atoms with Crippen molar-refractivity contribution in [3.8, 4) is 0 Å². The standard InChI is InChI=1S/C20H28N4O2/c1-20(2,3)12-23-13-22(4)11-18(23)16-9-15-6-5-14(16)10-24(15)19(25)17-7-8-26-21-17/h7-9,11,14-15H,5-6,10,12-13H2,1-4H3. The summed E-state index contributed by atoms with van der Waals surface area (Å²) in [6.45, 7) is 9.57. The van der Waals surface area contributed by atoms with Crippen LogP contribution in [0.15, 0.2) is 40.4 Å². The fourth-order valence-electron chi connectivity index (χ4n) is 4.40. The van der Waals surface area contributed by atoms with Gasteiger partial charge in [-0.25, -0.2) is 0 Å². The van der Waals surface area contributed by atoms with Crippen LogP contribution >= 0.6 is 0 Å². The lowest BCUT2D eigenvalue weighted by Crippen LogP contribution is -2.50. The number of carbonyl (C=O) groups excluding carboxylic acids is 1. The highest BCUT2D eigenvalue weighted by molar-refractivity contribution is 5.92. The number of fused-ring (bicyclic) bond motifs is 2. The zero-order valence-electron chi connectivity index (χ0n) is 16.1. The van der Waals surface area contributed by atoms with Gasteiger partial charge < -0.3 is 19.2 Å². The predicted octanol–water partition coefficient (Wildman–Crippen LogP) is 2.93. The number of piperidine rings is 1. The molecule has 1 aromatic heterocycles. The van der Waals surface area contributed by atoms with E-state index in [9.17, 15) is 4.79 Å². The molecule has 4 aliphatic rings. The lowest BCUT2D eigenvalue weighted by Gasteiger charge is -2.45. The van der Waals surface area contributed by atoms with Crippen LogP contribution in [0.1, 0.15) is 44.1 Å². The minimum absolute atomic E-state index is 0.0205. The summed E-state index contributed by atoms with van der Waals surface area (Å²) in [6, 6.07) is 1.80. The Bertz CT molecular complexity index is 744. The second-order valence-electron chi connectivity index (χ2n) is 8.98. The first-order chi connectivity index (χ1) is 12.3. The Morgan fingerprint density at radius 1 is 1.35 bits per heavy atom. The van der Waals surface area contributed by atoms with Crippen LogP contribution in [0.2, 0.25) is 0 Å². The molecule has 6 heteroatoms. The number of hydrogen-bond donors (Lipinski definition) is 0. The Balaban J connectivity index is 1.58. The van der Waals surface area contributed by atoms with Crippen molar-refractivity contribution in [3.63, 3.8) is 0 Å². The molecular formula is C20H28N4O2. The minimum atomic E-state index is -0.0205. The van der Waals surface area contributed by atoms with Crippen molar-refractivity contribution in [2.24, 2.45) is 11.3 Å². The van der Waals surface area contributed by atoms with Crippen LogP contribution < -0.4 is 0 Å². The van der Waals surface area contributed by atoms with Crippen molar-refractivity contribution in [3.05, 3.63) is 41.6 Å². The van der Waals surface area contributed by atoms with Gasteiger partial charge in [-0.1, -0.05) is 32.0 Å². The molecule has 1 saturated heterocycles. The third-order valence-electron chi connectivity index (χ3n) is 5.40. The third kappa shape index (κ3) is 3.13. The van der Waals surface area contributed by atoms with Crippen molar-refractivity contribution >= 4 is 5.91 Å². The van der Waals surface area contributed by atoms with Crippen LogP contribution in [0, 0.1) is 11.3 Å². The van der Waals surface area contributed by atoms with Gasteiger partial charge in [-0.3, -0.25) is 4.79 Å². The van der Waals surface area contributed by atoms with Gasteiger partial charge in [0.05, 0.1) is 18.4 Å². The zero-order valence-corrected chi connectivity index (χ0v) is 16.1. The summed E-state index contributed by atoms with van der Waals surface area (Å²) < 4.78 is 4.85. The summed E-state index contributed by atoms with van der Waals surface area (Å²) >= 11 is 0. The normalized spacial score (nSPS) is 25.6. The molecule has 4 heterocycles. The Labute approximate surface area is 155 Å². The van der Waals surface area contributed by atoms with E-state index < -0.39 is 0 Å². The van der Waals surface area contributed by atoms with E-state index in [1.807, 2.05) is 4.90 Å². The van der Waals surface area contributed by atoms with Crippen LogP contribution in [-0.2, 0) is 0 Å². The molecule has 6 nitrogen and oxygen atoms in total. The van der Waals surface area contributed by atoms with E-state index in [4.69, 9.17) is 4.52 Å². The van der Waals surface area contributed by atoms with E-state index in [0.717, 1.165) is 32.6 Å². The van der Waals surface area contributed by atoms with Gasteiger partial charge in [0.15, 0.2) is 5.69 Å². The summed E-state index contributed by atoms with van der Waals surface area (Å²) in [6.07, 6.45) is 8.21. The maximum Gasteiger partial charge on any atom is 0.276 e. The molecule has 5 rings (SSSR count). The molecule has 1 aromatic rings. The number of hydrogen-bond acceptors (Lipinski definition) is 5. The molecule has 1 amide bonds. The molecule has 3 aliphatic heterocycles. The second-order valence-corrected chi connectivity index (χ2v) is 8.98. The van der Waals surface area contributed by atoms with Crippen LogP contribution in [-0.4, -0.2) is 58.6 Å². The fraction of sp³-hybridized carbons (Fsp3) is 0.600. The number of carbonyl (C=O) groups is 1.